The van der Waals surface area contributed by atoms with Crippen molar-refractivity contribution in [1.82, 2.24) is 34.9 Å². The molecule has 0 bridgehead atoms. The number of aryl methyl sites for hydroxylation is 2. The summed E-state index contributed by atoms with van der Waals surface area (Å²) in [6, 6.07) is 172. The molecular weight excluding hydrogens is 2400 g/mol. The van der Waals surface area contributed by atoms with Crippen LogP contribution in [0.5, 0.6) is 0 Å². The Hall–Kier alpha value is -15.0. The van der Waals surface area contributed by atoms with Crippen LogP contribution >= 0.6 is 34.0 Å². The minimum Gasteiger partial charge on any atom is -0.304 e. The summed E-state index contributed by atoms with van der Waals surface area (Å²) in [5.74, 6) is 0.719. The minimum atomic E-state index is -0.0331. The summed E-state index contributed by atoms with van der Waals surface area (Å²) in [5, 5.41) is 7.69. The smallest absolute Gasteiger partial charge is 0.0763 e. The van der Waals surface area contributed by atoms with Gasteiger partial charge in [-0.1, -0.05) is 349 Å². The Morgan fingerprint density at radius 1 is 0.235 bits per heavy atom. The van der Waals surface area contributed by atoms with Gasteiger partial charge in [-0.05, 0) is 173 Å². The summed E-state index contributed by atoms with van der Waals surface area (Å²) in [4.78, 5) is 33.7. The van der Waals surface area contributed by atoms with Crippen molar-refractivity contribution in [3.63, 3.8) is 0 Å². The molecule has 25 aromatic rings. The second kappa shape index (κ2) is 43.8. The second-order valence-electron chi connectivity index (χ2n) is 38.5. The van der Waals surface area contributed by atoms with E-state index in [1.807, 2.05) is 97.2 Å². The second-order valence-corrected chi connectivity index (χ2v) is 41.6. The number of para-hydroxylation sites is 5. The van der Waals surface area contributed by atoms with Crippen LogP contribution in [0.15, 0.2) is 443 Å². The van der Waals surface area contributed by atoms with E-state index in [-0.39, 0.29) is 76.6 Å². The van der Waals surface area contributed by atoms with Gasteiger partial charge in [0.1, 0.15) is 0 Å². The number of nitrogens with zero attached hydrogens (tertiary/aromatic N) is 7. The van der Waals surface area contributed by atoms with Gasteiger partial charge in [-0.25, -0.2) is 0 Å². The number of thiazole rings is 3. The predicted octanol–water partition coefficient (Wildman–Crippen LogP) is 36.0. The summed E-state index contributed by atoms with van der Waals surface area (Å²) in [5.41, 5.74) is 41.2. The average molecular weight is 2500 g/mol. The van der Waals surface area contributed by atoms with E-state index in [0.29, 0.717) is 0 Å². The van der Waals surface area contributed by atoms with Gasteiger partial charge in [-0.3, -0.25) is 29.9 Å². The van der Waals surface area contributed by atoms with Gasteiger partial charge in [0.2, 0.25) is 0 Å². The summed E-state index contributed by atoms with van der Waals surface area (Å²) in [6.07, 6.45) is 1.89. The summed E-state index contributed by atoms with van der Waals surface area (Å²) in [6.45, 7) is 18.0. The number of pyridine rings is 2. The van der Waals surface area contributed by atoms with Crippen molar-refractivity contribution in [2.24, 2.45) is 0 Å². The molecule has 13 heteroatoms. The molecule has 0 aliphatic heterocycles. The Bertz CT molecular complexity index is 8740. The van der Waals surface area contributed by atoms with Crippen molar-refractivity contribution in [3.8, 4) is 144 Å². The van der Waals surface area contributed by atoms with Gasteiger partial charge in [0, 0.05) is 107 Å². The fourth-order valence-electron chi connectivity index (χ4n) is 20.6. The number of rotatable bonds is 10. The molecule has 0 N–H and O–H groups in total. The maximum Gasteiger partial charge on any atom is 0.0763 e. The predicted molar refractivity (Wildman–Crippen MR) is 611 cm³/mol. The van der Waals surface area contributed by atoms with Crippen molar-refractivity contribution < 1.29 is 60.3 Å². The first-order chi connectivity index (χ1) is 71.4. The van der Waals surface area contributed by atoms with Crippen LogP contribution in [-0.2, 0) is 76.6 Å². The van der Waals surface area contributed by atoms with E-state index in [9.17, 15) is 0 Å². The first-order valence-corrected chi connectivity index (χ1v) is 51.7. The monoisotopic (exact) mass is 2500 g/mol. The average Bonchev–Trinajstić information content (AvgIpc) is 1.63. The Morgan fingerprint density at radius 2 is 0.597 bits per heavy atom. The van der Waals surface area contributed by atoms with Crippen LogP contribution in [0.25, 0.3) is 207 Å². The fourth-order valence-corrected chi connectivity index (χ4v) is 23.5. The normalized spacial score (nSPS) is 12.4. The number of aromatic nitrogens is 7. The molecule has 727 valence electrons. The zero-order chi connectivity index (χ0) is 99.0. The molecule has 6 aromatic heterocycles. The van der Waals surface area contributed by atoms with Crippen LogP contribution in [0.3, 0.4) is 0 Å². The number of hydrogen-bond donors (Lipinski definition) is 0. The van der Waals surface area contributed by atoms with E-state index in [1.54, 1.807) is 34.0 Å². The standard InChI is InChI=1S/C31H25N2.2C24H18N.3C19H12NS.3Ir/c1-19-10-9-11-20(2)28(19)29-23-13-6-8-15-27(23)32-30(33-29)21-16-17-26-24(18-21)22-12-5-7-14-25(22)31(26,3)4;1-24(2)20-9-5-4-8-18(20)19-15-17(11-13-21(19)24)23-14-12-16-7-3-6-10-22(16)25-23;1-24(2)21-10-6-5-9-19(21)20-15-17(11-12-22(20)24)23-18-8-4-3-7-16(18)13-14-25-23;3*1-2-7-14(8-3-1)15-9-6-10-16(13-15)19-20-17-11-4-5-12-18(17)21-19;;;/h5-15,17-18H,1-4H3;2*3-10,12-15H,1-2H3;3*1-9,11-13H;;;/q6*-1;;;. The fraction of sp³-hybridized carbons (Fsp3) is 0.0809. The van der Waals surface area contributed by atoms with Crippen molar-refractivity contribution in [1.29, 1.82) is 0 Å². The summed E-state index contributed by atoms with van der Waals surface area (Å²) in [7, 11) is 0. The van der Waals surface area contributed by atoms with Gasteiger partial charge in [0.25, 0.3) is 0 Å². The maximum absolute atomic E-state index is 5.14. The van der Waals surface area contributed by atoms with Gasteiger partial charge in [-0.2, -0.15) is 34.0 Å². The molecule has 3 radical (unpaired) electrons. The van der Waals surface area contributed by atoms with Crippen LogP contribution in [0.4, 0.5) is 0 Å². The van der Waals surface area contributed by atoms with Gasteiger partial charge >= 0.3 is 0 Å². The van der Waals surface area contributed by atoms with E-state index < -0.39 is 0 Å². The van der Waals surface area contributed by atoms with Gasteiger partial charge < -0.3 is 4.98 Å². The minimum absolute atomic E-state index is 0. The molecule has 19 aromatic carbocycles. The topological polar surface area (TPSA) is 90.2 Å². The van der Waals surface area contributed by atoms with E-state index in [0.717, 1.165) is 104 Å². The van der Waals surface area contributed by atoms with Crippen LogP contribution < -0.4 is 0 Å². The molecular formula is C136H97Ir3N7S3-6. The van der Waals surface area contributed by atoms with Crippen molar-refractivity contribution in [2.45, 2.75) is 71.6 Å². The molecule has 7 nitrogen and oxygen atoms in total. The van der Waals surface area contributed by atoms with Crippen molar-refractivity contribution in [3.05, 3.63) is 524 Å². The first kappa shape index (κ1) is 101. The molecule has 0 fully saturated rings. The SMILES string of the molecule is CC1(C)c2c[c-]c(-c3ccc4ccccc4n3)cc2-c2ccccc21.CC1(C)c2c[c-]c(-c3nccc4ccccc34)cc2-c2ccccc21.Cc1cccc(C)c1-c1nc(-c2[c-]cc3c(c2)-c2ccccc2C3(C)C)nc2ccccc12.[Ir].[Ir].[Ir].[c-]1ccc(-c2ccccc2)cc1-c1nc2ccccc2s1.[c-]1ccc(-c2ccccc2)cc1-c1nc2ccccc2s1.[c-]1ccc(-c2ccccc2)cc1-c1nc2ccccc2s1. The zero-order valence-electron chi connectivity index (χ0n) is 83.0. The number of benzene rings is 19. The molecule has 0 saturated heterocycles. The molecule has 3 aliphatic rings. The van der Waals surface area contributed by atoms with Gasteiger partial charge in [0.15, 0.2) is 0 Å². The summed E-state index contributed by atoms with van der Waals surface area (Å²) < 4.78 is 3.64. The van der Waals surface area contributed by atoms with E-state index in [4.69, 9.17) is 29.9 Å². The third-order valence-electron chi connectivity index (χ3n) is 28.2. The van der Waals surface area contributed by atoms with Crippen molar-refractivity contribution >= 4 is 97.2 Å². The number of fused-ring (bicyclic) bond motifs is 15. The zero-order valence-corrected chi connectivity index (χ0v) is 92.6. The Balaban J connectivity index is 0.000000109. The molecule has 0 unspecified atom stereocenters. The Kier molecular flexibility index (Phi) is 29.7. The molecule has 149 heavy (non-hydrogen) atoms. The van der Waals surface area contributed by atoms with Crippen LogP contribution in [0.1, 0.15) is 86.1 Å². The van der Waals surface area contributed by atoms with Crippen LogP contribution in [-0.4, -0.2) is 34.9 Å². The van der Waals surface area contributed by atoms with Crippen LogP contribution in [0.2, 0.25) is 0 Å². The molecule has 28 rings (SSSR count). The van der Waals surface area contributed by atoms with E-state index in [2.05, 4.69) is 443 Å². The third-order valence-corrected chi connectivity index (χ3v) is 31.4. The summed E-state index contributed by atoms with van der Waals surface area (Å²) >= 11 is 5.14. The molecule has 0 spiro atoms. The Labute approximate surface area is 922 Å². The quantitative estimate of drug-likeness (QED) is 0.126. The van der Waals surface area contributed by atoms with E-state index in [1.165, 1.54) is 147 Å². The number of hydrogen-bond acceptors (Lipinski definition) is 10. The Morgan fingerprint density at radius 3 is 1.05 bits per heavy atom. The largest absolute Gasteiger partial charge is 0.304 e. The molecule has 0 saturated carbocycles. The van der Waals surface area contributed by atoms with Gasteiger partial charge in [0.05, 0.1) is 39.1 Å². The van der Waals surface area contributed by atoms with Gasteiger partial charge in [-0.15, -0.1) is 194 Å². The molecule has 6 heterocycles. The van der Waals surface area contributed by atoms with Crippen molar-refractivity contribution in [2.75, 3.05) is 0 Å². The molecule has 3 aliphatic carbocycles. The van der Waals surface area contributed by atoms with E-state index >= 15 is 0 Å². The van der Waals surface area contributed by atoms with Crippen LogP contribution in [0, 0.1) is 50.2 Å². The third kappa shape index (κ3) is 20.4. The maximum atomic E-state index is 5.14. The molecule has 0 atom stereocenters. The first-order valence-electron chi connectivity index (χ1n) is 49.3. The molecule has 0 amide bonds.